The van der Waals surface area contributed by atoms with Gasteiger partial charge in [-0.3, -0.25) is 14.9 Å². The lowest BCUT2D eigenvalue weighted by Crippen LogP contribution is -2.13. The first kappa shape index (κ1) is 12.0. The van der Waals surface area contributed by atoms with Crippen LogP contribution in [0.1, 0.15) is 11.3 Å². The van der Waals surface area contributed by atoms with Gasteiger partial charge in [-0.25, -0.2) is 0 Å². The highest BCUT2D eigenvalue weighted by Crippen LogP contribution is 2.22. The van der Waals surface area contributed by atoms with E-state index in [0.29, 0.717) is 13.1 Å². The van der Waals surface area contributed by atoms with Gasteiger partial charge in [-0.15, -0.1) is 0 Å². The standard InChI is InChI=1S/C9H9N3O3S2/c13-9-11-7(5-17-9)3-10-2-6-1-8(12(14)15)16-4-6/h1,4-5,10H,2-3H2,(H,11,13). The van der Waals surface area contributed by atoms with Crippen molar-refractivity contribution in [3.8, 4) is 0 Å². The molecule has 0 amide bonds. The lowest BCUT2D eigenvalue weighted by molar-refractivity contribution is -0.380. The predicted octanol–water partition coefficient (Wildman–Crippen LogP) is 1.70. The maximum absolute atomic E-state index is 10.9. The van der Waals surface area contributed by atoms with E-state index in [-0.39, 0.29) is 9.87 Å². The number of aromatic nitrogens is 1. The number of nitro groups is 1. The van der Waals surface area contributed by atoms with Gasteiger partial charge in [-0.05, 0) is 5.56 Å². The first-order valence-electron chi connectivity index (χ1n) is 4.74. The Balaban J connectivity index is 1.85. The minimum Gasteiger partial charge on any atom is -0.315 e. The first-order valence-corrected chi connectivity index (χ1v) is 6.50. The highest BCUT2D eigenvalue weighted by Gasteiger charge is 2.08. The Morgan fingerprint density at radius 2 is 2.18 bits per heavy atom. The summed E-state index contributed by atoms with van der Waals surface area (Å²) < 4.78 is 0. The Labute approximate surface area is 104 Å². The van der Waals surface area contributed by atoms with Gasteiger partial charge in [0.2, 0.25) is 0 Å². The fraction of sp³-hybridized carbons (Fsp3) is 0.222. The molecule has 2 rings (SSSR count). The molecular formula is C9H9N3O3S2. The highest BCUT2D eigenvalue weighted by atomic mass is 32.1. The molecule has 2 N–H and O–H groups in total. The van der Waals surface area contributed by atoms with Crippen molar-refractivity contribution in [3.63, 3.8) is 0 Å². The average Bonchev–Trinajstić information content (AvgIpc) is 2.88. The van der Waals surface area contributed by atoms with Crippen LogP contribution in [0, 0.1) is 10.1 Å². The van der Waals surface area contributed by atoms with Crippen LogP contribution >= 0.6 is 22.7 Å². The summed E-state index contributed by atoms with van der Waals surface area (Å²) in [7, 11) is 0. The van der Waals surface area contributed by atoms with E-state index >= 15 is 0 Å². The summed E-state index contributed by atoms with van der Waals surface area (Å²) in [4.78, 5) is 23.5. The molecular weight excluding hydrogens is 262 g/mol. The minimum atomic E-state index is -0.398. The third-order valence-corrected chi connectivity index (χ3v) is 3.68. The largest absolute Gasteiger partial charge is 0.324 e. The quantitative estimate of drug-likeness (QED) is 0.640. The molecule has 0 bridgehead atoms. The Hall–Kier alpha value is -1.51. The molecule has 0 aromatic carbocycles. The Kier molecular flexibility index (Phi) is 3.67. The van der Waals surface area contributed by atoms with Gasteiger partial charge in [-0.2, -0.15) is 0 Å². The van der Waals surface area contributed by atoms with Crippen LogP contribution in [0.15, 0.2) is 21.6 Å². The molecule has 0 spiro atoms. The predicted molar refractivity (Wildman–Crippen MR) is 66.5 cm³/mol. The summed E-state index contributed by atoms with van der Waals surface area (Å²) in [6, 6.07) is 1.55. The van der Waals surface area contributed by atoms with Crippen molar-refractivity contribution in [1.29, 1.82) is 0 Å². The summed E-state index contributed by atoms with van der Waals surface area (Å²) in [5, 5.41) is 17.2. The van der Waals surface area contributed by atoms with Gasteiger partial charge < -0.3 is 10.3 Å². The summed E-state index contributed by atoms with van der Waals surface area (Å²) in [6.45, 7) is 1.09. The summed E-state index contributed by atoms with van der Waals surface area (Å²) in [6.07, 6.45) is 0. The zero-order chi connectivity index (χ0) is 12.3. The fourth-order valence-electron chi connectivity index (χ4n) is 1.29. The van der Waals surface area contributed by atoms with Crippen molar-refractivity contribution in [1.82, 2.24) is 10.3 Å². The molecule has 0 radical (unpaired) electrons. The van der Waals surface area contributed by atoms with Crippen LogP contribution in [-0.4, -0.2) is 9.91 Å². The van der Waals surface area contributed by atoms with Crippen molar-refractivity contribution < 1.29 is 4.92 Å². The number of rotatable bonds is 5. The third kappa shape index (κ3) is 3.22. The SMILES string of the molecule is O=c1[nH]c(CNCc2csc([N+](=O)[O-])c2)cs1. The van der Waals surface area contributed by atoms with Gasteiger partial charge >= 0.3 is 9.87 Å². The second-order valence-electron chi connectivity index (χ2n) is 3.33. The maximum atomic E-state index is 10.9. The molecule has 2 aromatic heterocycles. The first-order chi connectivity index (χ1) is 8.15. The Morgan fingerprint density at radius 3 is 2.76 bits per heavy atom. The monoisotopic (exact) mass is 271 g/mol. The van der Waals surface area contributed by atoms with Crippen LogP contribution in [0.25, 0.3) is 0 Å². The summed E-state index contributed by atoms with van der Waals surface area (Å²) >= 11 is 2.23. The lowest BCUT2D eigenvalue weighted by atomic mass is 10.3. The van der Waals surface area contributed by atoms with Gasteiger partial charge in [0, 0.05) is 35.6 Å². The second kappa shape index (κ2) is 5.21. The van der Waals surface area contributed by atoms with Gasteiger partial charge in [-0.1, -0.05) is 22.7 Å². The van der Waals surface area contributed by atoms with Gasteiger partial charge in [0.15, 0.2) is 0 Å². The molecule has 90 valence electrons. The van der Waals surface area contributed by atoms with Crippen LogP contribution in [0.5, 0.6) is 0 Å². The number of nitrogens with one attached hydrogen (secondary N) is 2. The minimum absolute atomic E-state index is 0.0760. The number of aromatic amines is 1. The molecule has 17 heavy (non-hydrogen) atoms. The molecule has 8 heteroatoms. The number of hydrogen-bond acceptors (Lipinski definition) is 6. The topological polar surface area (TPSA) is 88.0 Å². The number of H-pyrrole nitrogens is 1. The van der Waals surface area contributed by atoms with E-state index < -0.39 is 4.92 Å². The number of hydrogen-bond donors (Lipinski definition) is 2. The third-order valence-electron chi connectivity index (χ3n) is 2.04. The fourth-order valence-corrected chi connectivity index (χ4v) is 2.60. The number of nitrogens with zero attached hydrogens (tertiary/aromatic N) is 1. The molecule has 0 fully saturated rings. The van der Waals surface area contributed by atoms with Crippen molar-refractivity contribution in [2.24, 2.45) is 0 Å². The smallest absolute Gasteiger partial charge is 0.315 e. The van der Waals surface area contributed by atoms with E-state index in [2.05, 4.69) is 10.3 Å². The van der Waals surface area contributed by atoms with Crippen LogP contribution in [-0.2, 0) is 13.1 Å². The van der Waals surface area contributed by atoms with Crippen molar-refractivity contribution >= 4 is 27.7 Å². The Bertz CT molecular complexity index is 572. The lowest BCUT2D eigenvalue weighted by Gasteiger charge is -1.99. The van der Waals surface area contributed by atoms with Crippen LogP contribution in [0.3, 0.4) is 0 Å². The van der Waals surface area contributed by atoms with E-state index in [1.165, 1.54) is 0 Å². The van der Waals surface area contributed by atoms with Crippen molar-refractivity contribution in [2.75, 3.05) is 0 Å². The van der Waals surface area contributed by atoms with Crippen molar-refractivity contribution in [2.45, 2.75) is 13.1 Å². The number of thiophene rings is 1. The maximum Gasteiger partial charge on any atom is 0.324 e. The molecule has 2 aromatic rings. The molecule has 0 atom stereocenters. The summed E-state index contributed by atoms with van der Waals surface area (Å²) in [5.41, 5.74) is 1.70. The average molecular weight is 271 g/mol. The highest BCUT2D eigenvalue weighted by molar-refractivity contribution is 7.13. The van der Waals surface area contributed by atoms with E-state index in [1.54, 1.807) is 16.8 Å². The Morgan fingerprint density at radius 1 is 1.35 bits per heavy atom. The molecule has 0 aliphatic heterocycles. The van der Waals surface area contributed by atoms with Crippen LogP contribution in [0.2, 0.25) is 0 Å². The number of thiazole rings is 1. The van der Waals surface area contributed by atoms with Gasteiger partial charge in [0.25, 0.3) is 0 Å². The molecule has 0 unspecified atom stereocenters. The molecule has 0 aliphatic carbocycles. The zero-order valence-corrected chi connectivity index (χ0v) is 10.3. The molecule has 2 heterocycles. The van der Waals surface area contributed by atoms with E-state index in [0.717, 1.165) is 33.9 Å². The molecule has 0 saturated carbocycles. The van der Waals surface area contributed by atoms with Crippen molar-refractivity contribution in [3.05, 3.63) is 47.9 Å². The molecule has 6 nitrogen and oxygen atoms in total. The van der Waals surface area contributed by atoms with E-state index in [4.69, 9.17) is 0 Å². The van der Waals surface area contributed by atoms with Gasteiger partial charge in [0.05, 0.1) is 4.92 Å². The van der Waals surface area contributed by atoms with E-state index in [9.17, 15) is 14.9 Å². The second-order valence-corrected chi connectivity index (χ2v) is 5.06. The van der Waals surface area contributed by atoms with Crippen LogP contribution in [0.4, 0.5) is 5.00 Å². The molecule has 0 aliphatic rings. The van der Waals surface area contributed by atoms with Gasteiger partial charge in [0.1, 0.15) is 0 Å². The molecule has 0 saturated heterocycles. The van der Waals surface area contributed by atoms with E-state index in [1.807, 2.05) is 0 Å². The zero-order valence-electron chi connectivity index (χ0n) is 8.63. The normalized spacial score (nSPS) is 10.6. The summed E-state index contributed by atoms with van der Waals surface area (Å²) in [5.74, 6) is 0. The van der Waals surface area contributed by atoms with Crippen LogP contribution < -0.4 is 10.2 Å².